The number of carbonyl (C=O) groups is 3. The second-order valence-corrected chi connectivity index (χ2v) is 11.2. The van der Waals surface area contributed by atoms with Gasteiger partial charge >= 0.3 is 5.97 Å². The van der Waals surface area contributed by atoms with Crippen LogP contribution in [0.2, 0.25) is 0 Å². The number of hydrogen-bond acceptors (Lipinski definition) is 8. The summed E-state index contributed by atoms with van der Waals surface area (Å²) in [4.78, 5) is 41.5. The van der Waals surface area contributed by atoms with E-state index in [4.69, 9.17) is 9.84 Å². The lowest BCUT2D eigenvalue weighted by molar-refractivity contribution is -0.119. The van der Waals surface area contributed by atoms with Gasteiger partial charge in [0.2, 0.25) is 10.0 Å². The molecule has 4 aromatic rings. The Bertz CT molecular complexity index is 1580. The molecule has 0 bridgehead atoms. The van der Waals surface area contributed by atoms with Crippen LogP contribution >= 0.6 is 11.3 Å². The van der Waals surface area contributed by atoms with E-state index in [1.165, 1.54) is 35.7 Å². The van der Waals surface area contributed by atoms with Gasteiger partial charge in [0.1, 0.15) is 6.04 Å². The number of amides is 2. The minimum atomic E-state index is -3.59. The monoisotopic (exact) mass is 568 g/mol. The van der Waals surface area contributed by atoms with E-state index in [0.29, 0.717) is 16.4 Å². The molecule has 2 amide bonds. The molecule has 0 saturated carbocycles. The van der Waals surface area contributed by atoms with Gasteiger partial charge in [0.25, 0.3) is 11.8 Å². The van der Waals surface area contributed by atoms with Crippen LogP contribution in [-0.2, 0) is 26.2 Å². The van der Waals surface area contributed by atoms with Gasteiger partial charge in [-0.05, 0) is 23.8 Å². The summed E-state index contributed by atoms with van der Waals surface area (Å²) in [6.45, 7) is -0.165. The number of rotatable bonds is 11. The SMILES string of the molecule is CS(=O)(=O)n1ccc(C(=O)NC(COCc2ccc(C(=O)O)cc2)C(=O)Nc2nc(-c3ccccc3)cs2)c1. The summed E-state index contributed by atoms with van der Waals surface area (Å²) in [6.07, 6.45) is 3.38. The molecule has 2 aromatic heterocycles. The number of thiazole rings is 1. The topological polar surface area (TPSA) is 157 Å². The van der Waals surface area contributed by atoms with Gasteiger partial charge in [0.05, 0.1) is 36.3 Å². The summed E-state index contributed by atoms with van der Waals surface area (Å²) in [5.74, 6) is -2.30. The van der Waals surface area contributed by atoms with Crippen LogP contribution in [0.5, 0.6) is 0 Å². The highest BCUT2D eigenvalue weighted by Crippen LogP contribution is 2.24. The Balaban J connectivity index is 1.46. The van der Waals surface area contributed by atoms with Crippen LogP contribution in [0.4, 0.5) is 5.13 Å². The average Bonchev–Trinajstić information content (AvgIpc) is 3.59. The molecule has 2 aromatic carbocycles. The largest absolute Gasteiger partial charge is 0.478 e. The average molecular weight is 569 g/mol. The summed E-state index contributed by atoms with van der Waals surface area (Å²) in [5.41, 5.74) is 2.40. The Kier molecular flexibility index (Phi) is 8.54. The van der Waals surface area contributed by atoms with Gasteiger partial charge < -0.3 is 20.5 Å². The molecule has 1 unspecified atom stereocenters. The summed E-state index contributed by atoms with van der Waals surface area (Å²) in [7, 11) is -3.59. The van der Waals surface area contributed by atoms with E-state index in [2.05, 4.69) is 15.6 Å². The van der Waals surface area contributed by atoms with Crippen molar-refractivity contribution in [2.75, 3.05) is 18.2 Å². The molecule has 0 aliphatic carbocycles. The van der Waals surface area contributed by atoms with Crippen molar-refractivity contribution >= 4 is 44.3 Å². The molecule has 13 heteroatoms. The molecular formula is C26H24N4O7S2. The molecular weight excluding hydrogens is 544 g/mol. The van der Waals surface area contributed by atoms with Crippen molar-refractivity contribution in [3.8, 4) is 11.3 Å². The number of carboxylic acids is 1. The lowest BCUT2D eigenvalue weighted by Crippen LogP contribution is -2.46. The van der Waals surface area contributed by atoms with Crippen LogP contribution in [0.3, 0.4) is 0 Å². The first kappa shape index (κ1) is 27.7. The smallest absolute Gasteiger partial charge is 0.335 e. The Morgan fingerprint density at radius 2 is 1.77 bits per heavy atom. The van der Waals surface area contributed by atoms with Gasteiger partial charge in [-0.15, -0.1) is 11.3 Å². The number of benzene rings is 2. The maximum atomic E-state index is 13.1. The highest BCUT2D eigenvalue weighted by Gasteiger charge is 2.24. The van der Waals surface area contributed by atoms with Crippen molar-refractivity contribution in [1.29, 1.82) is 0 Å². The van der Waals surface area contributed by atoms with Gasteiger partial charge in [-0.3, -0.25) is 13.6 Å². The Morgan fingerprint density at radius 1 is 1.05 bits per heavy atom. The molecule has 0 fully saturated rings. The fourth-order valence-corrected chi connectivity index (χ4v) is 4.75. The van der Waals surface area contributed by atoms with Crippen molar-refractivity contribution in [2.24, 2.45) is 0 Å². The fourth-order valence-electron chi connectivity index (χ4n) is 3.45. The predicted octanol–water partition coefficient (Wildman–Crippen LogP) is 3.07. The van der Waals surface area contributed by atoms with E-state index in [1.807, 2.05) is 30.3 Å². The Hall–Kier alpha value is -4.33. The first-order valence-electron chi connectivity index (χ1n) is 11.5. The lowest BCUT2D eigenvalue weighted by atomic mass is 10.1. The second-order valence-electron chi connectivity index (χ2n) is 8.43. The standard InChI is InChI=1S/C26H24N4O7S2/c1-39(35,36)30-12-11-20(13-30)23(31)27-21(15-37-14-17-7-9-19(10-8-17)25(33)34)24(32)29-26-28-22(16-38-26)18-5-3-2-4-6-18/h2-13,16,21H,14-15H2,1H3,(H,27,31)(H,33,34)(H,28,29,32). The van der Waals surface area contributed by atoms with E-state index in [9.17, 15) is 22.8 Å². The molecule has 2 heterocycles. The summed E-state index contributed by atoms with van der Waals surface area (Å²) < 4.78 is 30.1. The number of hydrogen-bond donors (Lipinski definition) is 3. The summed E-state index contributed by atoms with van der Waals surface area (Å²) in [5, 5.41) is 16.4. The zero-order valence-electron chi connectivity index (χ0n) is 20.6. The highest BCUT2D eigenvalue weighted by molar-refractivity contribution is 7.89. The van der Waals surface area contributed by atoms with Crippen molar-refractivity contribution in [2.45, 2.75) is 12.6 Å². The Morgan fingerprint density at radius 3 is 2.41 bits per heavy atom. The Labute approximate surface area is 228 Å². The van der Waals surface area contributed by atoms with Gasteiger partial charge in [0, 0.05) is 23.3 Å². The number of carboxylic acid groups (broad SMARTS) is 1. The number of ether oxygens (including phenoxy) is 1. The fraction of sp³-hybridized carbons (Fsp3) is 0.154. The molecule has 0 saturated heterocycles. The number of nitrogens with zero attached hydrogens (tertiary/aromatic N) is 2. The van der Waals surface area contributed by atoms with Crippen molar-refractivity contribution in [3.05, 3.63) is 95.1 Å². The summed E-state index contributed by atoms with van der Waals surface area (Å²) >= 11 is 1.22. The zero-order valence-corrected chi connectivity index (χ0v) is 22.2. The number of carbonyl (C=O) groups excluding carboxylic acids is 2. The quantitative estimate of drug-likeness (QED) is 0.249. The van der Waals surface area contributed by atoms with E-state index >= 15 is 0 Å². The number of nitrogens with one attached hydrogen (secondary N) is 2. The number of aromatic nitrogens is 2. The molecule has 0 radical (unpaired) electrons. The summed E-state index contributed by atoms with van der Waals surface area (Å²) in [6, 6.07) is 15.6. The van der Waals surface area contributed by atoms with Crippen LogP contribution in [0.1, 0.15) is 26.3 Å². The van der Waals surface area contributed by atoms with Gasteiger partial charge in [-0.1, -0.05) is 42.5 Å². The first-order chi connectivity index (χ1) is 18.6. The minimum absolute atomic E-state index is 0.0445. The minimum Gasteiger partial charge on any atom is -0.478 e. The molecule has 0 aliphatic rings. The number of anilines is 1. The van der Waals surface area contributed by atoms with Crippen LogP contribution in [0.15, 0.2) is 78.4 Å². The third-order valence-electron chi connectivity index (χ3n) is 5.49. The molecule has 11 nitrogen and oxygen atoms in total. The van der Waals surface area contributed by atoms with Crippen LogP contribution in [0.25, 0.3) is 11.3 Å². The van der Waals surface area contributed by atoms with Crippen LogP contribution < -0.4 is 10.6 Å². The molecule has 0 spiro atoms. The van der Waals surface area contributed by atoms with Gasteiger partial charge in [-0.2, -0.15) is 0 Å². The molecule has 202 valence electrons. The van der Waals surface area contributed by atoms with E-state index < -0.39 is 33.8 Å². The van der Waals surface area contributed by atoms with Crippen molar-refractivity contribution in [3.63, 3.8) is 0 Å². The van der Waals surface area contributed by atoms with E-state index in [1.54, 1.807) is 17.5 Å². The third-order valence-corrected chi connectivity index (χ3v) is 7.24. The van der Waals surface area contributed by atoms with E-state index in [-0.39, 0.29) is 24.3 Å². The lowest BCUT2D eigenvalue weighted by Gasteiger charge is -2.18. The van der Waals surface area contributed by atoms with Crippen LogP contribution in [-0.4, -0.2) is 59.2 Å². The molecule has 39 heavy (non-hydrogen) atoms. The maximum Gasteiger partial charge on any atom is 0.335 e. The zero-order chi connectivity index (χ0) is 28.0. The van der Waals surface area contributed by atoms with E-state index in [0.717, 1.165) is 22.0 Å². The highest BCUT2D eigenvalue weighted by atomic mass is 32.2. The first-order valence-corrected chi connectivity index (χ1v) is 14.2. The predicted molar refractivity (Wildman–Crippen MR) is 145 cm³/mol. The molecule has 1 atom stereocenters. The number of aromatic carboxylic acids is 1. The molecule has 3 N–H and O–H groups in total. The van der Waals surface area contributed by atoms with Gasteiger partial charge in [-0.25, -0.2) is 18.2 Å². The normalized spacial score (nSPS) is 12.0. The maximum absolute atomic E-state index is 13.1. The third kappa shape index (κ3) is 7.37. The van der Waals surface area contributed by atoms with Crippen LogP contribution in [0, 0.1) is 0 Å². The van der Waals surface area contributed by atoms with Gasteiger partial charge in [0.15, 0.2) is 5.13 Å². The van der Waals surface area contributed by atoms with Crippen molar-refractivity contribution < 1.29 is 32.6 Å². The molecule has 4 rings (SSSR count). The molecule has 0 aliphatic heterocycles. The van der Waals surface area contributed by atoms with Crippen molar-refractivity contribution in [1.82, 2.24) is 14.3 Å². The second kappa shape index (κ2) is 12.0.